The summed E-state index contributed by atoms with van der Waals surface area (Å²) >= 11 is 0. The Morgan fingerprint density at radius 1 is 1.14 bits per heavy atom. The highest BCUT2D eigenvalue weighted by Gasteiger charge is 2.32. The predicted molar refractivity (Wildman–Crippen MR) is 110 cm³/mol. The summed E-state index contributed by atoms with van der Waals surface area (Å²) in [5.41, 5.74) is 4.34. The minimum atomic E-state index is -0.142. The van der Waals surface area contributed by atoms with Gasteiger partial charge < -0.3 is 9.80 Å². The summed E-state index contributed by atoms with van der Waals surface area (Å²) in [7, 11) is 0. The van der Waals surface area contributed by atoms with Crippen LogP contribution >= 0.6 is 0 Å². The SMILES string of the molecule is CC(=O)N1CCc2nc(C3CCN(C(=O)C(C)c4ccc(C)cc4)C3)ncc2C1. The lowest BCUT2D eigenvalue weighted by Crippen LogP contribution is -2.35. The molecule has 0 radical (unpaired) electrons. The van der Waals surface area contributed by atoms with Crippen molar-refractivity contribution in [1.29, 1.82) is 0 Å². The number of aromatic nitrogens is 2. The molecule has 0 spiro atoms. The molecule has 2 atom stereocenters. The molecule has 1 aromatic carbocycles. The van der Waals surface area contributed by atoms with Gasteiger partial charge in [0, 0.05) is 57.2 Å². The highest BCUT2D eigenvalue weighted by atomic mass is 16.2. The van der Waals surface area contributed by atoms with E-state index in [1.807, 2.05) is 35.1 Å². The van der Waals surface area contributed by atoms with Gasteiger partial charge in [0.25, 0.3) is 0 Å². The van der Waals surface area contributed by atoms with Crippen molar-refractivity contribution in [3.63, 3.8) is 0 Å². The molecule has 2 aliphatic heterocycles. The Kier molecular flexibility index (Phi) is 5.35. The molecule has 29 heavy (non-hydrogen) atoms. The fraction of sp³-hybridized carbons (Fsp3) is 0.478. The Morgan fingerprint density at radius 2 is 1.90 bits per heavy atom. The highest BCUT2D eigenvalue weighted by Crippen LogP contribution is 2.29. The minimum absolute atomic E-state index is 0.0902. The molecular formula is C23H28N4O2. The number of nitrogens with zero attached hydrogens (tertiary/aromatic N) is 4. The number of amides is 2. The van der Waals surface area contributed by atoms with Crippen LogP contribution in [0.1, 0.15) is 60.3 Å². The van der Waals surface area contributed by atoms with Gasteiger partial charge in [0.2, 0.25) is 11.8 Å². The summed E-state index contributed by atoms with van der Waals surface area (Å²) in [6.45, 7) is 8.36. The van der Waals surface area contributed by atoms with Crippen molar-refractivity contribution in [2.45, 2.75) is 52.0 Å². The molecule has 2 amide bonds. The molecule has 2 aromatic rings. The average Bonchev–Trinajstić information content (AvgIpc) is 3.22. The number of carbonyl (C=O) groups is 2. The summed E-state index contributed by atoms with van der Waals surface area (Å²) in [5.74, 6) is 1.13. The Morgan fingerprint density at radius 3 is 2.62 bits per heavy atom. The molecule has 6 heteroatoms. The maximum atomic E-state index is 13.0. The van der Waals surface area contributed by atoms with E-state index in [4.69, 9.17) is 4.98 Å². The summed E-state index contributed by atoms with van der Waals surface area (Å²) < 4.78 is 0. The number of fused-ring (bicyclic) bond motifs is 1. The van der Waals surface area contributed by atoms with Crippen molar-refractivity contribution < 1.29 is 9.59 Å². The Balaban J connectivity index is 1.43. The molecule has 6 nitrogen and oxygen atoms in total. The maximum absolute atomic E-state index is 13.0. The number of rotatable bonds is 3. The number of aryl methyl sites for hydroxylation is 1. The van der Waals surface area contributed by atoms with E-state index >= 15 is 0 Å². The largest absolute Gasteiger partial charge is 0.341 e. The Labute approximate surface area is 172 Å². The highest BCUT2D eigenvalue weighted by molar-refractivity contribution is 5.83. The zero-order chi connectivity index (χ0) is 20.5. The normalized spacial score (nSPS) is 19.8. The second kappa shape index (κ2) is 7.93. The summed E-state index contributed by atoms with van der Waals surface area (Å²) in [6.07, 6.45) is 3.53. The van der Waals surface area contributed by atoms with E-state index in [0.29, 0.717) is 19.6 Å². The summed E-state index contributed by atoms with van der Waals surface area (Å²) in [6, 6.07) is 8.20. The lowest BCUT2D eigenvalue weighted by molar-refractivity contribution is -0.131. The molecule has 1 aromatic heterocycles. The zero-order valence-electron chi connectivity index (χ0n) is 17.4. The molecule has 2 aliphatic rings. The van der Waals surface area contributed by atoms with Gasteiger partial charge in [-0.2, -0.15) is 0 Å². The lowest BCUT2D eigenvalue weighted by Gasteiger charge is -2.27. The van der Waals surface area contributed by atoms with Crippen LogP contribution in [0.3, 0.4) is 0 Å². The number of benzene rings is 1. The third-order valence-corrected chi connectivity index (χ3v) is 6.21. The number of likely N-dealkylation sites (tertiary alicyclic amines) is 1. The van der Waals surface area contributed by atoms with Gasteiger partial charge in [0.15, 0.2) is 0 Å². The van der Waals surface area contributed by atoms with Crippen molar-refractivity contribution >= 4 is 11.8 Å². The molecule has 3 heterocycles. The fourth-order valence-electron chi connectivity index (χ4n) is 4.24. The van der Waals surface area contributed by atoms with Gasteiger partial charge in [-0.1, -0.05) is 29.8 Å². The number of carbonyl (C=O) groups excluding carboxylic acids is 2. The van der Waals surface area contributed by atoms with E-state index in [-0.39, 0.29) is 23.7 Å². The van der Waals surface area contributed by atoms with Gasteiger partial charge in [-0.15, -0.1) is 0 Å². The molecule has 0 aliphatic carbocycles. The lowest BCUT2D eigenvalue weighted by atomic mass is 9.98. The third kappa shape index (κ3) is 4.02. The second-order valence-electron chi connectivity index (χ2n) is 8.29. The van der Waals surface area contributed by atoms with Gasteiger partial charge >= 0.3 is 0 Å². The van der Waals surface area contributed by atoms with E-state index in [1.165, 1.54) is 5.56 Å². The molecule has 4 rings (SSSR count). The van der Waals surface area contributed by atoms with E-state index < -0.39 is 0 Å². The standard InChI is InChI=1S/C23H28N4O2/c1-15-4-6-18(7-5-15)16(2)23(29)27-10-8-19(13-27)22-24-12-20-14-26(17(3)28)11-9-21(20)25-22/h4-7,12,16,19H,8-11,13-14H2,1-3H3. The third-order valence-electron chi connectivity index (χ3n) is 6.21. The monoisotopic (exact) mass is 392 g/mol. The van der Waals surface area contributed by atoms with Crippen LogP contribution in [-0.2, 0) is 22.6 Å². The first-order chi connectivity index (χ1) is 13.9. The summed E-state index contributed by atoms with van der Waals surface area (Å²) in [4.78, 5) is 37.8. The Hall–Kier alpha value is -2.76. The van der Waals surface area contributed by atoms with Crippen LogP contribution < -0.4 is 0 Å². The second-order valence-corrected chi connectivity index (χ2v) is 8.29. The first-order valence-electron chi connectivity index (χ1n) is 10.4. The van der Waals surface area contributed by atoms with Gasteiger partial charge in [0.05, 0.1) is 11.6 Å². The van der Waals surface area contributed by atoms with Crippen molar-refractivity contribution in [3.8, 4) is 0 Å². The maximum Gasteiger partial charge on any atom is 0.229 e. The van der Waals surface area contributed by atoms with Gasteiger partial charge in [-0.3, -0.25) is 9.59 Å². The predicted octanol–water partition coefficient (Wildman–Crippen LogP) is 2.81. The van der Waals surface area contributed by atoms with Crippen LogP contribution in [0.2, 0.25) is 0 Å². The molecule has 0 saturated carbocycles. The molecule has 1 fully saturated rings. The van der Waals surface area contributed by atoms with Gasteiger partial charge in [-0.25, -0.2) is 9.97 Å². The first-order valence-corrected chi connectivity index (χ1v) is 10.4. The van der Waals surface area contributed by atoms with Crippen molar-refractivity contribution in [2.24, 2.45) is 0 Å². The quantitative estimate of drug-likeness (QED) is 0.806. The zero-order valence-corrected chi connectivity index (χ0v) is 17.4. The van der Waals surface area contributed by atoms with Crippen LogP contribution in [0.4, 0.5) is 0 Å². The number of hydrogen-bond donors (Lipinski definition) is 0. The van der Waals surface area contributed by atoms with Crippen LogP contribution in [-0.4, -0.2) is 51.2 Å². The molecule has 1 saturated heterocycles. The minimum Gasteiger partial charge on any atom is -0.341 e. The molecule has 152 valence electrons. The average molecular weight is 393 g/mol. The van der Waals surface area contributed by atoms with Crippen LogP contribution in [0, 0.1) is 6.92 Å². The summed E-state index contributed by atoms with van der Waals surface area (Å²) in [5, 5.41) is 0. The van der Waals surface area contributed by atoms with E-state index in [2.05, 4.69) is 24.0 Å². The fourth-order valence-corrected chi connectivity index (χ4v) is 4.24. The van der Waals surface area contributed by atoms with Crippen LogP contribution in [0.15, 0.2) is 30.5 Å². The van der Waals surface area contributed by atoms with Gasteiger partial charge in [0.1, 0.15) is 5.82 Å². The van der Waals surface area contributed by atoms with Gasteiger partial charge in [-0.05, 0) is 25.8 Å². The number of hydrogen-bond acceptors (Lipinski definition) is 4. The van der Waals surface area contributed by atoms with Crippen LogP contribution in [0.25, 0.3) is 0 Å². The molecular weight excluding hydrogens is 364 g/mol. The molecule has 0 bridgehead atoms. The van der Waals surface area contributed by atoms with Crippen LogP contribution in [0.5, 0.6) is 0 Å². The molecule has 0 N–H and O–H groups in total. The smallest absolute Gasteiger partial charge is 0.229 e. The van der Waals surface area contributed by atoms with E-state index in [9.17, 15) is 9.59 Å². The Bertz CT molecular complexity index is 925. The topological polar surface area (TPSA) is 66.4 Å². The van der Waals surface area contributed by atoms with Crippen molar-refractivity contribution in [3.05, 3.63) is 58.7 Å². The van der Waals surface area contributed by atoms with E-state index in [1.54, 1.807) is 6.92 Å². The van der Waals surface area contributed by atoms with Crippen molar-refractivity contribution in [1.82, 2.24) is 19.8 Å². The first kappa shape index (κ1) is 19.6. The van der Waals surface area contributed by atoms with E-state index in [0.717, 1.165) is 42.0 Å². The van der Waals surface area contributed by atoms with Crippen molar-refractivity contribution in [2.75, 3.05) is 19.6 Å². The molecule has 2 unspecified atom stereocenters.